The van der Waals surface area contributed by atoms with E-state index in [-0.39, 0.29) is 17.3 Å². The number of hydrogen-bond donors (Lipinski definition) is 2. The van der Waals surface area contributed by atoms with E-state index >= 15 is 0 Å². The van der Waals surface area contributed by atoms with E-state index in [0.29, 0.717) is 11.4 Å². The molecule has 0 radical (unpaired) electrons. The van der Waals surface area contributed by atoms with Crippen molar-refractivity contribution in [3.8, 4) is 11.5 Å². The van der Waals surface area contributed by atoms with Gasteiger partial charge in [0.05, 0.1) is 12.0 Å². The van der Waals surface area contributed by atoms with E-state index in [1.54, 1.807) is 12.1 Å². The monoisotopic (exact) mass is 414 g/mol. The maximum atomic E-state index is 12.1. The van der Waals surface area contributed by atoms with Crippen molar-refractivity contribution in [1.82, 2.24) is 0 Å². The molecule has 0 aromatic heterocycles. The molecular formula is C16H18N2O7S2. The average Bonchev–Trinajstić information content (AvgIpc) is 2.53. The summed E-state index contributed by atoms with van der Waals surface area (Å²) in [7, 11) is -7.36. The number of benzene rings is 2. The lowest BCUT2D eigenvalue weighted by Crippen LogP contribution is -2.19. The highest BCUT2D eigenvalue weighted by Crippen LogP contribution is 2.21. The fourth-order valence-electron chi connectivity index (χ4n) is 1.93. The summed E-state index contributed by atoms with van der Waals surface area (Å²) in [5, 5.41) is 5.03. The fourth-order valence-corrected chi connectivity index (χ4v) is 2.89. The maximum absolute atomic E-state index is 12.1. The summed E-state index contributed by atoms with van der Waals surface area (Å²) in [6.07, 6.45) is 0.910. The molecule has 2 aromatic carbocycles. The van der Waals surface area contributed by atoms with Gasteiger partial charge in [0.15, 0.2) is 0 Å². The van der Waals surface area contributed by atoms with E-state index in [2.05, 4.69) is 10.6 Å². The third-order valence-electron chi connectivity index (χ3n) is 3.01. The van der Waals surface area contributed by atoms with E-state index in [4.69, 9.17) is 8.37 Å². The van der Waals surface area contributed by atoms with Crippen LogP contribution < -0.4 is 19.0 Å². The molecule has 2 rings (SSSR count). The molecule has 11 heteroatoms. The summed E-state index contributed by atoms with van der Waals surface area (Å²) in [6, 6.07) is 11.1. The van der Waals surface area contributed by atoms with Crippen LogP contribution in [0.1, 0.15) is 6.92 Å². The zero-order valence-electron chi connectivity index (χ0n) is 14.5. The minimum absolute atomic E-state index is 0.0514. The van der Waals surface area contributed by atoms with Crippen molar-refractivity contribution < 1.29 is 30.0 Å². The van der Waals surface area contributed by atoms with Crippen molar-refractivity contribution in [3.05, 3.63) is 48.5 Å². The fraction of sp³-hybridized carbons (Fsp3) is 0.188. The van der Waals surface area contributed by atoms with E-state index in [1.807, 2.05) is 0 Å². The standard InChI is InChI=1S/C16H18N2O7S2/c1-3-27(22,23)25-15-9-5-7-13(11-15)18-16(19)17-12-6-4-8-14(10-12)24-26(2,20)21/h4-11H,3H2,1-2H3,(H2,17,18,19). The maximum Gasteiger partial charge on any atom is 0.323 e. The Hall–Kier alpha value is -2.79. The second-order valence-corrected chi connectivity index (χ2v) is 8.79. The summed E-state index contributed by atoms with van der Waals surface area (Å²) in [4.78, 5) is 12.1. The largest absolute Gasteiger partial charge is 0.383 e. The second-order valence-electron chi connectivity index (χ2n) is 5.35. The van der Waals surface area contributed by atoms with Crippen LogP contribution in [0.3, 0.4) is 0 Å². The Morgan fingerprint density at radius 2 is 1.37 bits per heavy atom. The van der Waals surface area contributed by atoms with Crippen LogP contribution in [-0.2, 0) is 20.2 Å². The number of carbonyl (C=O) groups excluding carboxylic acids is 1. The van der Waals surface area contributed by atoms with Gasteiger partial charge in [-0.25, -0.2) is 4.79 Å². The Labute approximate surface area is 157 Å². The molecule has 0 spiro atoms. The van der Waals surface area contributed by atoms with Gasteiger partial charge in [-0.3, -0.25) is 0 Å². The van der Waals surface area contributed by atoms with E-state index in [9.17, 15) is 21.6 Å². The van der Waals surface area contributed by atoms with Gasteiger partial charge in [0.1, 0.15) is 11.5 Å². The number of urea groups is 1. The summed E-state index contributed by atoms with van der Waals surface area (Å²) >= 11 is 0. The van der Waals surface area contributed by atoms with Crippen molar-refractivity contribution in [2.24, 2.45) is 0 Å². The quantitative estimate of drug-likeness (QED) is 0.666. The molecule has 0 atom stereocenters. The molecule has 2 N–H and O–H groups in total. The van der Waals surface area contributed by atoms with Gasteiger partial charge < -0.3 is 19.0 Å². The van der Waals surface area contributed by atoms with Crippen LogP contribution in [0.4, 0.5) is 16.2 Å². The molecule has 2 amide bonds. The first-order valence-electron chi connectivity index (χ1n) is 7.66. The number of anilines is 2. The lowest BCUT2D eigenvalue weighted by molar-refractivity contribution is 0.262. The molecule has 0 aliphatic heterocycles. The van der Waals surface area contributed by atoms with Crippen LogP contribution in [0.5, 0.6) is 11.5 Å². The third-order valence-corrected chi connectivity index (χ3v) is 4.66. The minimum atomic E-state index is -3.68. The lowest BCUT2D eigenvalue weighted by atomic mass is 10.3. The van der Waals surface area contributed by atoms with Crippen LogP contribution >= 0.6 is 0 Å². The summed E-state index contributed by atoms with van der Waals surface area (Å²) in [5.41, 5.74) is 0.606. The van der Waals surface area contributed by atoms with Gasteiger partial charge in [0.2, 0.25) is 0 Å². The normalized spacial score (nSPS) is 11.5. The Morgan fingerprint density at radius 3 is 1.81 bits per heavy atom. The highest BCUT2D eigenvalue weighted by Gasteiger charge is 2.11. The molecule has 0 aliphatic rings. The van der Waals surface area contributed by atoms with Gasteiger partial charge in [-0.15, -0.1) is 0 Å². The molecule has 0 aliphatic carbocycles. The van der Waals surface area contributed by atoms with Gasteiger partial charge in [-0.05, 0) is 31.2 Å². The first-order chi connectivity index (χ1) is 12.6. The molecule has 146 valence electrons. The van der Waals surface area contributed by atoms with Gasteiger partial charge in [-0.1, -0.05) is 12.1 Å². The SMILES string of the molecule is CCS(=O)(=O)Oc1cccc(NC(=O)Nc2cccc(OS(C)(=O)=O)c2)c1. The first kappa shape index (κ1) is 20.5. The molecule has 0 saturated carbocycles. The zero-order valence-corrected chi connectivity index (χ0v) is 16.1. The predicted molar refractivity (Wildman–Crippen MR) is 101 cm³/mol. The zero-order chi connectivity index (χ0) is 20.1. The number of amides is 2. The van der Waals surface area contributed by atoms with Crippen LogP contribution in [-0.4, -0.2) is 34.9 Å². The Balaban J connectivity index is 2.05. The van der Waals surface area contributed by atoms with Crippen LogP contribution in [0, 0.1) is 0 Å². The van der Waals surface area contributed by atoms with Crippen molar-refractivity contribution in [3.63, 3.8) is 0 Å². The molecule has 2 aromatic rings. The molecule has 0 saturated heterocycles. The number of carbonyl (C=O) groups is 1. The summed E-state index contributed by atoms with van der Waals surface area (Å²) < 4.78 is 54.9. The van der Waals surface area contributed by atoms with Gasteiger partial charge >= 0.3 is 26.3 Å². The highest BCUT2D eigenvalue weighted by molar-refractivity contribution is 7.87. The Bertz CT molecular complexity index is 1030. The summed E-state index contributed by atoms with van der Waals surface area (Å²) in [5.74, 6) is -0.0644. The van der Waals surface area contributed by atoms with Crippen molar-refractivity contribution in [2.75, 3.05) is 22.6 Å². The lowest BCUT2D eigenvalue weighted by Gasteiger charge is -2.10. The predicted octanol–water partition coefficient (Wildman–Crippen LogP) is 2.40. The average molecular weight is 414 g/mol. The molecular weight excluding hydrogens is 396 g/mol. The molecule has 9 nitrogen and oxygen atoms in total. The van der Waals surface area contributed by atoms with Gasteiger partial charge in [0, 0.05) is 23.5 Å². The van der Waals surface area contributed by atoms with Crippen LogP contribution in [0.15, 0.2) is 48.5 Å². The minimum Gasteiger partial charge on any atom is -0.383 e. The molecule has 0 heterocycles. The van der Waals surface area contributed by atoms with Gasteiger partial charge in [0.25, 0.3) is 0 Å². The van der Waals surface area contributed by atoms with Crippen LogP contribution in [0.25, 0.3) is 0 Å². The number of rotatable bonds is 7. The topological polar surface area (TPSA) is 128 Å². The third kappa shape index (κ3) is 7.15. The van der Waals surface area contributed by atoms with Crippen LogP contribution in [0.2, 0.25) is 0 Å². The van der Waals surface area contributed by atoms with Gasteiger partial charge in [-0.2, -0.15) is 16.8 Å². The smallest absolute Gasteiger partial charge is 0.323 e. The molecule has 27 heavy (non-hydrogen) atoms. The number of hydrogen-bond acceptors (Lipinski definition) is 7. The van der Waals surface area contributed by atoms with E-state index in [1.165, 1.54) is 43.3 Å². The Kier molecular flexibility index (Phi) is 6.28. The van der Waals surface area contributed by atoms with Crippen molar-refractivity contribution in [2.45, 2.75) is 6.92 Å². The molecule has 0 bridgehead atoms. The molecule has 0 fully saturated rings. The van der Waals surface area contributed by atoms with E-state index in [0.717, 1.165) is 6.26 Å². The summed E-state index contributed by atoms with van der Waals surface area (Å²) in [6.45, 7) is 1.45. The Morgan fingerprint density at radius 1 is 0.889 bits per heavy atom. The highest BCUT2D eigenvalue weighted by atomic mass is 32.2. The van der Waals surface area contributed by atoms with Crippen molar-refractivity contribution in [1.29, 1.82) is 0 Å². The van der Waals surface area contributed by atoms with Crippen molar-refractivity contribution >= 4 is 37.6 Å². The number of nitrogens with one attached hydrogen (secondary N) is 2. The van der Waals surface area contributed by atoms with E-state index < -0.39 is 26.3 Å². The molecule has 0 unspecified atom stereocenters. The first-order valence-corrected chi connectivity index (χ1v) is 11.1. The second kappa shape index (κ2) is 8.27.